The summed E-state index contributed by atoms with van der Waals surface area (Å²) in [5.41, 5.74) is 14.0. The summed E-state index contributed by atoms with van der Waals surface area (Å²) in [6, 6.07) is 56.5. The van der Waals surface area contributed by atoms with E-state index in [2.05, 4.69) is 150 Å². The first-order valence-corrected chi connectivity index (χ1v) is 19.3. The fourth-order valence-electron chi connectivity index (χ4n) is 11.9. The number of hydrogen-bond acceptors (Lipinski definition) is 2. The molecule has 0 atom stereocenters. The molecule has 1 spiro atoms. The molecule has 2 heteroatoms. The third-order valence-electron chi connectivity index (χ3n) is 13.6. The molecule has 0 amide bonds. The Morgan fingerprint density at radius 3 is 2.00 bits per heavy atom. The van der Waals surface area contributed by atoms with Gasteiger partial charge in [-0.3, -0.25) is 0 Å². The summed E-state index contributed by atoms with van der Waals surface area (Å²) in [6.07, 6.45) is 7.02. The quantitative estimate of drug-likeness (QED) is 0.185. The highest BCUT2D eigenvalue weighted by Gasteiger charge is 2.61. The fourth-order valence-corrected chi connectivity index (χ4v) is 11.9. The van der Waals surface area contributed by atoms with Crippen molar-refractivity contribution < 1.29 is 4.42 Å². The van der Waals surface area contributed by atoms with Gasteiger partial charge >= 0.3 is 0 Å². The van der Waals surface area contributed by atoms with Gasteiger partial charge in [0, 0.05) is 38.7 Å². The summed E-state index contributed by atoms with van der Waals surface area (Å²) in [7, 11) is 0. The van der Waals surface area contributed by atoms with Crippen molar-refractivity contribution in [3.63, 3.8) is 0 Å². The monoisotopic (exact) mass is 669 g/mol. The molecule has 7 aromatic carbocycles. The van der Waals surface area contributed by atoms with Crippen molar-refractivity contribution in [2.75, 3.05) is 4.90 Å². The summed E-state index contributed by atoms with van der Waals surface area (Å²) in [4.78, 5) is 2.53. The first kappa shape index (κ1) is 29.0. The Hall–Kier alpha value is -5.60. The molecule has 2 nitrogen and oxygen atoms in total. The number of hydrogen-bond donors (Lipinski definition) is 0. The zero-order valence-electron chi connectivity index (χ0n) is 29.1. The molecule has 250 valence electrons. The predicted octanol–water partition coefficient (Wildman–Crippen LogP) is 13.6. The second-order valence-electron chi connectivity index (χ2n) is 16.1. The number of fused-ring (bicyclic) bond motifs is 7. The van der Waals surface area contributed by atoms with Crippen LogP contribution in [0.3, 0.4) is 0 Å². The second-order valence-corrected chi connectivity index (χ2v) is 16.1. The zero-order chi connectivity index (χ0) is 34.0. The number of anilines is 3. The summed E-state index contributed by atoms with van der Waals surface area (Å²) in [5, 5.41) is 4.83. The molecule has 8 aromatic rings. The van der Waals surface area contributed by atoms with Gasteiger partial charge in [-0.2, -0.15) is 0 Å². The number of furan rings is 1. The Labute approximate surface area is 304 Å². The Balaban J connectivity index is 1.06. The van der Waals surface area contributed by atoms with Gasteiger partial charge in [-0.25, -0.2) is 0 Å². The number of benzene rings is 7. The van der Waals surface area contributed by atoms with Crippen molar-refractivity contribution in [1.29, 1.82) is 0 Å². The van der Waals surface area contributed by atoms with Crippen LogP contribution >= 0.6 is 0 Å². The highest BCUT2D eigenvalue weighted by atomic mass is 16.3. The van der Waals surface area contributed by atoms with Crippen molar-refractivity contribution in [3.05, 3.63) is 163 Å². The normalized spacial score (nSPS) is 23.8. The lowest BCUT2D eigenvalue weighted by Crippen LogP contribution is -2.55. The van der Waals surface area contributed by atoms with E-state index in [1.807, 2.05) is 6.07 Å². The van der Waals surface area contributed by atoms with E-state index in [0.717, 1.165) is 62.4 Å². The minimum Gasteiger partial charge on any atom is -0.455 e. The minimum absolute atomic E-state index is 0.125. The molecule has 5 aliphatic carbocycles. The molecule has 1 aromatic heterocycles. The smallest absolute Gasteiger partial charge is 0.143 e. The molecule has 0 radical (unpaired) electrons. The van der Waals surface area contributed by atoms with Crippen LogP contribution in [0.1, 0.15) is 43.2 Å². The van der Waals surface area contributed by atoms with Crippen molar-refractivity contribution in [3.8, 4) is 22.3 Å². The Morgan fingerprint density at radius 2 is 1.15 bits per heavy atom. The van der Waals surface area contributed by atoms with Crippen LogP contribution in [0.15, 0.2) is 156 Å². The van der Waals surface area contributed by atoms with Gasteiger partial charge in [0.2, 0.25) is 0 Å². The van der Waals surface area contributed by atoms with Crippen LogP contribution in [0.2, 0.25) is 0 Å². The van der Waals surface area contributed by atoms with Crippen molar-refractivity contribution in [2.24, 2.45) is 23.7 Å². The number of rotatable bonds is 4. The van der Waals surface area contributed by atoms with Crippen molar-refractivity contribution in [2.45, 2.75) is 37.5 Å². The Morgan fingerprint density at radius 1 is 0.500 bits per heavy atom. The van der Waals surface area contributed by atoms with Crippen LogP contribution in [0.4, 0.5) is 17.1 Å². The summed E-state index contributed by atoms with van der Waals surface area (Å²) < 4.78 is 6.46. The maximum Gasteiger partial charge on any atom is 0.143 e. The number of nitrogens with zero attached hydrogens (tertiary/aromatic N) is 1. The van der Waals surface area contributed by atoms with Gasteiger partial charge < -0.3 is 9.32 Å². The van der Waals surface area contributed by atoms with Gasteiger partial charge in [0.25, 0.3) is 0 Å². The molecular formula is C50H39NO. The van der Waals surface area contributed by atoms with Gasteiger partial charge in [0.15, 0.2) is 0 Å². The fraction of sp³-hybridized carbons (Fsp3) is 0.200. The third-order valence-corrected chi connectivity index (χ3v) is 13.6. The molecule has 0 aliphatic heterocycles. The number of para-hydroxylation sites is 2. The Bertz CT molecular complexity index is 2690. The highest BCUT2D eigenvalue weighted by molar-refractivity contribution is 6.09. The van der Waals surface area contributed by atoms with E-state index in [4.69, 9.17) is 4.42 Å². The maximum atomic E-state index is 6.46. The molecule has 4 fully saturated rings. The average molecular weight is 670 g/mol. The van der Waals surface area contributed by atoms with E-state index in [1.165, 1.54) is 65.4 Å². The van der Waals surface area contributed by atoms with Crippen LogP contribution in [0.25, 0.3) is 55.0 Å². The van der Waals surface area contributed by atoms with Crippen LogP contribution < -0.4 is 4.90 Å². The Kier molecular flexibility index (Phi) is 5.98. The molecule has 52 heavy (non-hydrogen) atoms. The second kappa shape index (κ2) is 10.7. The third kappa shape index (κ3) is 3.90. The molecule has 13 rings (SSSR count). The van der Waals surface area contributed by atoms with Crippen molar-refractivity contribution >= 4 is 49.8 Å². The first-order valence-electron chi connectivity index (χ1n) is 19.3. The molecule has 4 saturated carbocycles. The van der Waals surface area contributed by atoms with E-state index in [1.54, 1.807) is 11.1 Å². The van der Waals surface area contributed by atoms with Gasteiger partial charge in [-0.05, 0) is 125 Å². The molecule has 1 heterocycles. The van der Waals surface area contributed by atoms with Crippen LogP contribution in [0, 0.1) is 23.7 Å². The standard InChI is InChI=1S/C50H39NO/c1-2-10-35-30-39(24-19-33(35)9-1)51(38-22-20-34(21-23-38)40-13-7-14-42-41-11-4-6-18-47(41)52-49(40)42)46-17-8-16-45-48(46)43-12-3-5-15-44(43)50(45)36-26-31-25-32(28-36)29-37(50)27-31/h1-24,30-32,36-37H,25-29H2. The van der Waals surface area contributed by atoms with Gasteiger partial charge in [-0.15, -0.1) is 0 Å². The minimum atomic E-state index is 0.125. The lowest BCUT2D eigenvalue weighted by molar-refractivity contribution is -0.0399. The summed E-state index contributed by atoms with van der Waals surface area (Å²) in [5.74, 6) is 3.31. The largest absolute Gasteiger partial charge is 0.455 e. The van der Waals surface area contributed by atoms with E-state index in [0.29, 0.717) is 0 Å². The predicted molar refractivity (Wildman–Crippen MR) is 215 cm³/mol. The first-order chi connectivity index (χ1) is 25.7. The van der Waals surface area contributed by atoms with Crippen molar-refractivity contribution in [1.82, 2.24) is 0 Å². The zero-order valence-corrected chi connectivity index (χ0v) is 29.1. The SMILES string of the molecule is c1ccc2c(c1)-c1c(N(c3ccc(-c4cccc5c4oc4ccccc45)cc3)c3ccc4ccccc4c3)cccc1C21C2CC3CC(C2)CC1C3. The van der Waals surface area contributed by atoms with E-state index >= 15 is 0 Å². The molecule has 5 aliphatic rings. The molecular weight excluding hydrogens is 631 g/mol. The molecule has 0 saturated heterocycles. The highest BCUT2D eigenvalue weighted by Crippen LogP contribution is 2.70. The average Bonchev–Trinajstić information content (AvgIpc) is 3.72. The lowest BCUT2D eigenvalue weighted by Gasteiger charge is -2.61. The molecule has 4 bridgehead atoms. The van der Waals surface area contributed by atoms with E-state index < -0.39 is 0 Å². The van der Waals surface area contributed by atoms with E-state index in [-0.39, 0.29) is 5.41 Å². The lowest BCUT2D eigenvalue weighted by atomic mass is 9.43. The van der Waals surface area contributed by atoms with Gasteiger partial charge in [0.1, 0.15) is 11.2 Å². The van der Waals surface area contributed by atoms with Gasteiger partial charge in [-0.1, -0.05) is 115 Å². The summed E-state index contributed by atoms with van der Waals surface area (Å²) >= 11 is 0. The maximum absolute atomic E-state index is 6.46. The van der Waals surface area contributed by atoms with Crippen LogP contribution in [-0.2, 0) is 5.41 Å². The van der Waals surface area contributed by atoms with Gasteiger partial charge in [0.05, 0.1) is 5.69 Å². The summed E-state index contributed by atoms with van der Waals surface area (Å²) in [6.45, 7) is 0. The van der Waals surface area contributed by atoms with Crippen LogP contribution in [0.5, 0.6) is 0 Å². The molecule has 0 unspecified atom stereocenters. The molecule has 0 N–H and O–H groups in total. The van der Waals surface area contributed by atoms with E-state index in [9.17, 15) is 0 Å². The van der Waals surface area contributed by atoms with Crippen LogP contribution in [-0.4, -0.2) is 0 Å². The topological polar surface area (TPSA) is 16.4 Å².